The van der Waals surface area contributed by atoms with Gasteiger partial charge >= 0.3 is 0 Å². The zero-order chi connectivity index (χ0) is 21.2. The van der Waals surface area contributed by atoms with E-state index in [-0.39, 0.29) is 11.8 Å². The summed E-state index contributed by atoms with van der Waals surface area (Å²) in [6.45, 7) is 8.82. The highest BCUT2D eigenvalue weighted by atomic mass is 16.2. The number of carbonyl (C=O) groups is 2. The van der Waals surface area contributed by atoms with Crippen LogP contribution in [-0.4, -0.2) is 60.9 Å². The van der Waals surface area contributed by atoms with Crippen molar-refractivity contribution >= 4 is 11.8 Å². The Hall–Kier alpha value is -1.36. The van der Waals surface area contributed by atoms with Gasteiger partial charge in [-0.3, -0.25) is 9.59 Å². The van der Waals surface area contributed by atoms with Crippen LogP contribution in [-0.2, 0) is 9.59 Å². The normalized spacial score (nSPS) is 19.0. The van der Waals surface area contributed by atoms with Crippen molar-refractivity contribution in [1.29, 1.82) is 0 Å². The molecule has 1 N–H and O–H groups in total. The Morgan fingerprint density at radius 3 is 2.00 bits per heavy atom. The van der Waals surface area contributed by atoms with Crippen molar-refractivity contribution in [3.05, 3.63) is 12.2 Å². The third kappa shape index (κ3) is 15.2. The summed E-state index contributed by atoms with van der Waals surface area (Å²) in [6.07, 6.45) is 19.7. The molecule has 2 amide bonds. The van der Waals surface area contributed by atoms with Crippen LogP contribution in [0.3, 0.4) is 0 Å². The first-order valence-electron chi connectivity index (χ1n) is 12.0. The molecule has 1 aliphatic heterocycles. The van der Waals surface area contributed by atoms with Crippen LogP contribution in [0.5, 0.6) is 0 Å². The zero-order valence-corrected chi connectivity index (χ0v) is 19.1. The monoisotopic (exact) mass is 407 g/mol. The minimum Gasteiger partial charge on any atom is -0.356 e. The Kier molecular flexibility index (Phi) is 15.5. The Bertz CT molecular complexity index is 465. The number of hydrogen-bond donors (Lipinski definition) is 1. The lowest BCUT2D eigenvalue weighted by atomic mass is 10.1. The van der Waals surface area contributed by atoms with Crippen LogP contribution in [0.15, 0.2) is 12.2 Å². The fraction of sp³-hybridized carbons (Fsp3) is 0.833. The molecule has 0 aromatic rings. The van der Waals surface area contributed by atoms with E-state index in [4.69, 9.17) is 0 Å². The summed E-state index contributed by atoms with van der Waals surface area (Å²) >= 11 is 0. The number of rotatable bonds is 8. The number of amides is 2. The van der Waals surface area contributed by atoms with Crippen molar-refractivity contribution in [2.75, 3.05) is 39.3 Å². The molecule has 0 saturated heterocycles. The topological polar surface area (TPSA) is 52.7 Å². The molecule has 1 rings (SSSR count). The van der Waals surface area contributed by atoms with Crippen LogP contribution in [0.1, 0.15) is 90.9 Å². The summed E-state index contributed by atoms with van der Waals surface area (Å²) in [5.74, 6) is 0.130. The van der Waals surface area contributed by atoms with Gasteiger partial charge in [-0.2, -0.15) is 0 Å². The SMILES string of the molecule is CC(=O)NCCCN(CCCN1CCCCC/C=C\CCCCCCC1)C(C)=O. The molecule has 0 bridgehead atoms. The largest absolute Gasteiger partial charge is 0.356 e. The van der Waals surface area contributed by atoms with E-state index in [1.165, 1.54) is 84.2 Å². The number of allylic oxidation sites excluding steroid dienone is 2. The molecule has 0 spiro atoms. The highest BCUT2D eigenvalue weighted by Crippen LogP contribution is 2.11. The predicted octanol–water partition coefficient (Wildman–Crippen LogP) is 4.52. The fourth-order valence-corrected chi connectivity index (χ4v) is 3.92. The van der Waals surface area contributed by atoms with Crippen molar-refractivity contribution in [3.63, 3.8) is 0 Å². The highest BCUT2D eigenvalue weighted by Gasteiger charge is 2.10. The third-order valence-electron chi connectivity index (χ3n) is 5.68. The summed E-state index contributed by atoms with van der Waals surface area (Å²) in [6, 6.07) is 0. The van der Waals surface area contributed by atoms with Gasteiger partial charge in [-0.1, -0.05) is 37.8 Å². The van der Waals surface area contributed by atoms with Crippen molar-refractivity contribution in [3.8, 4) is 0 Å². The Balaban J connectivity index is 2.34. The second-order valence-corrected chi connectivity index (χ2v) is 8.41. The Morgan fingerprint density at radius 1 is 0.828 bits per heavy atom. The number of hydrogen-bond acceptors (Lipinski definition) is 3. The fourth-order valence-electron chi connectivity index (χ4n) is 3.92. The minimum absolute atomic E-state index is 0.00681. The molecule has 0 unspecified atom stereocenters. The summed E-state index contributed by atoms with van der Waals surface area (Å²) in [7, 11) is 0. The van der Waals surface area contributed by atoms with E-state index in [2.05, 4.69) is 22.4 Å². The maximum Gasteiger partial charge on any atom is 0.219 e. The van der Waals surface area contributed by atoms with Crippen LogP contribution in [0.25, 0.3) is 0 Å². The second kappa shape index (κ2) is 17.5. The molecule has 0 aliphatic carbocycles. The molecule has 5 nitrogen and oxygen atoms in total. The van der Waals surface area contributed by atoms with E-state index >= 15 is 0 Å². The van der Waals surface area contributed by atoms with Gasteiger partial charge < -0.3 is 15.1 Å². The molecule has 1 aliphatic rings. The highest BCUT2D eigenvalue weighted by molar-refractivity contribution is 5.73. The molecule has 5 heteroatoms. The summed E-state index contributed by atoms with van der Waals surface area (Å²) < 4.78 is 0. The van der Waals surface area contributed by atoms with Gasteiger partial charge in [-0.05, 0) is 71.0 Å². The number of nitrogens with zero attached hydrogens (tertiary/aromatic N) is 2. The summed E-state index contributed by atoms with van der Waals surface area (Å²) in [5.41, 5.74) is 0. The van der Waals surface area contributed by atoms with E-state index in [9.17, 15) is 9.59 Å². The Morgan fingerprint density at radius 2 is 1.38 bits per heavy atom. The lowest BCUT2D eigenvalue weighted by Gasteiger charge is -2.25. The first-order chi connectivity index (χ1) is 14.1. The zero-order valence-electron chi connectivity index (χ0n) is 19.1. The molecule has 168 valence electrons. The van der Waals surface area contributed by atoms with Crippen LogP contribution in [0, 0.1) is 0 Å². The lowest BCUT2D eigenvalue weighted by Crippen LogP contribution is -2.35. The standard InChI is InChI=1S/C24H45N3O2/c1-23(28)25-17-15-21-27(24(2)29)22-16-20-26-18-13-11-9-7-5-3-4-6-8-10-12-14-19-26/h3,5H,4,6-22H2,1-2H3,(H,25,28)/b5-3-. The molecule has 0 aromatic carbocycles. The van der Waals surface area contributed by atoms with Crippen LogP contribution in [0.4, 0.5) is 0 Å². The van der Waals surface area contributed by atoms with Crippen molar-refractivity contribution in [1.82, 2.24) is 15.1 Å². The quantitative estimate of drug-likeness (QED) is 0.475. The van der Waals surface area contributed by atoms with Gasteiger partial charge in [0.25, 0.3) is 0 Å². The maximum atomic E-state index is 11.9. The average Bonchev–Trinajstić information content (AvgIpc) is 2.69. The van der Waals surface area contributed by atoms with E-state index in [1.54, 1.807) is 6.92 Å². The molecule has 0 fully saturated rings. The number of nitrogens with one attached hydrogen (secondary N) is 1. The van der Waals surface area contributed by atoms with Crippen molar-refractivity contribution < 1.29 is 9.59 Å². The van der Waals surface area contributed by atoms with Crippen LogP contribution >= 0.6 is 0 Å². The molecule has 0 aromatic heterocycles. The minimum atomic E-state index is -0.00681. The smallest absolute Gasteiger partial charge is 0.219 e. The van der Waals surface area contributed by atoms with Crippen molar-refractivity contribution in [2.45, 2.75) is 90.9 Å². The molecule has 0 atom stereocenters. The van der Waals surface area contributed by atoms with Crippen molar-refractivity contribution in [2.24, 2.45) is 0 Å². The number of carbonyl (C=O) groups excluding carboxylic acids is 2. The van der Waals surface area contributed by atoms with E-state index in [1.807, 2.05) is 4.90 Å². The first-order valence-corrected chi connectivity index (χ1v) is 12.0. The molecule has 0 saturated carbocycles. The van der Waals surface area contributed by atoms with Gasteiger partial charge in [-0.25, -0.2) is 0 Å². The Labute approximate surface area is 179 Å². The van der Waals surface area contributed by atoms with Gasteiger partial charge in [0.2, 0.25) is 11.8 Å². The van der Waals surface area contributed by atoms with Crippen LogP contribution < -0.4 is 5.32 Å². The van der Waals surface area contributed by atoms with Gasteiger partial charge in [0.1, 0.15) is 0 Å². The third-order valence-corrected chi connectivity index (χ3v) is 5.68. The first kappa shape index (κ1) is 25.7. The van der Waals surface area contributed by atoms with E-state index < -0.39 is 0 Å². The summed E-state index contributed by atoms with van der Waals surface area (Å²) in [5, 5.41) is 2.80. The molecule has 29 heavy (non-hydrogen) atoms. The lowest BCUT2D eigenvalue weighted by molar-refractivity contribution is -0.129. The maximum absolute atomic E-state index is 11.9. The van der Waals surface area contributed by atoms with E-state index in [0.29, 0.717) is 6.54 Å². The van der Waals surface area contributed by atoms with Gasteiger partial charge in [0, 0.05) is 33.5 Å². The van der Waals surface area contributed by atoms with Crippen LogP contribution in [0.2, 0.25) is 0 Å². The molecular formula is C24H45N3O2. The molecule has 0 radical (unpaired) electrons. The second-order valence-electron chi connectivity index (χ2n) is 8.41. The van der Waals surface area contributed by atoms with E-state index in [0.717, 1.165) is 32.5 Å². The van der Waals surface area contributed by atoms with Gasteiger partial charge in [-0.15, -0.1) is 0 Å². The average molecular weight is 408 g/mol. The molecular weight excluding hydrogens is 362 g/mol. The van der Waals surface area contributed by atoms with Gasteiger partial charge in [0.15, 0.2) is 0 Å². The predicted molar refractivity (Wildman–Crippen MR) is 122 cm³/mol. The molecule has 1 heterocycles. The van der Waals surface area contributed by atoms with Gasteiger partial charge in [0.05, 0.1) is 0 Å². The summed E-state index contributed by atoms with van der Waals surface area (Å²) in [4.78, 5) is 27.4.